The molecule has 0 aliphatic carbocycles. The van der Waals surface area contributed by atoms with Crippen molar-refractivity contribution in [3.63, 3.8) is 0 Å². The standard InChI is InChI=1S/C21H33N5O3/c1-2-3-4-5-6-7-8-9-15(27)10-11-17-16(28)12-18(29-17)26-14-25-19-20(22)23-13-24-21(19)26/h13-14,16-18,28H,2-12H2,1H3,(H2,22,23,24)/t16?,17-,18-/m1/s1. The summed E-state index contributed by atoms with van der Waals surface area (Å²) in [5.41, 5.74) is 6.94. The largest absolute Gasteiger partial charge is 0.390 e. The number of fused-ring (bicyclic) bond motifs is 1. The Morgan fingerprint density at radius 2 is 1.93 bits per heavy atom. The summed E-state index contributed by atoms with van der Waals surface area (Å²) >= 11 is 0. The number of nitrogens with zero attached hydrogens (tertiary/aromatic N) is 4. The molecular weight excluding hydrogens is 370 g/mol. The van der Waals surface area contributed by atoms with E-state index in [1.54, 1.807) is 10.9 Å². The predicted molar refractivity (Wildman–Crippen MR) is 111 cm³/mol. The van der Waals surface area contributed by atoms with Crippen molar-refractivity contribution in [3.8, 4) is 0 Å². The lowest BCUT2D eigenvalue weighted by molar-refractivity contribution is -0.120. The van der Waals surface area contributed by atoms with E-state index >= 15 is 0 Å². The Morgan fingerprint density at radius 1 is 1.17 bits per heavy atom. The van der Waals surface area contributed by atoms with Gasteiger partial charge in [-0.25, -0.2) is 15.0 Å². The third-order valence-electron chi connectivity index (χ3n) is 5.67. The highest BCUT2D eigenvalue weighted by Crippen LogP contribution is 2.33. The summed E-state index contributed by atoms with van der Waals surface area (Å²) in [6.45, 7) is 2.22. The van der Waals surface area contributed by atoms with Crippen molar-refractivity contribution in [1.82, 2.24) is 19.5 Å². The second kappa shape index (κ2) is 10.6. The Kier molecular flexibility index (Phi) is 7.94. The van der Waals surface area contributed by atoms with Crippen LogP contribution in [0.5, 0.6) is 0 Å². The van der Waals surface area contributed by atoms with Crippen LogP contribution in [0.1, 0.15) is 83.8 Å². The maximum Gasteiger partial charge on any atom is 0.167 e. The van der Waals surface area contributed by atoms with Crippen molar-refractivity contribution in [1.29, 1.82) is 0 Å². The molecule has 0 amide bonds. The van der Waals surface area contributed by atoms with E-state index in [0.717, 1.165) is 12.8 Å². The van der Waals surface area contributed by atoms with Crippen molar-refractivity contribution in [2.75, 3.05) is 5.73 Å². The average molecular weight is 404 g/mol. The molecule has 3 N–H and O–H groups in total. The number of hydrogen-bond donors (Lipinski definition) is 2. The number of imidazole rings is 1. The van der Waals surface area contributed by atoms with Crippen LogP contribution in [0.15, 0.2) is 12.7 Å². The number of ether oxygens (including phenoxy) is 1. The van der Waals surface area contributed by atoms with E-state index in [1.807, 2.05) is 0 Å². The molecule has 0 saturated carbocycles. The Labute approximate surface area is 171 Å². The van der Waals surface area contributed by atoms with E-state index in [4.69, 9.17) is 10.5 Å². The lowest BCUT2D eigenvalue weighted by Gasteiger charge is -2.15. The molecule has 0 bridgehead atoms. The molecule has 29 heavy (non-hydrogen) atoms. The molecular formula is C21H33N5O3. The highest BCUT2D eigenvalue weighted by Gasteiger charge is 2.35. The molecule has 3 rings (SSSR count). The number of ketones is 1. The molecule has 3 atom stereocenters. The summed E-state index contributed by atoms with van der Waals surface area (Å²) in [4.78, 5) is 24.6. The maximum absolute atomic E-state index is 12.2. The predicted octanol–water partition coefficient (Wildman–Crippen LogP) is 3.55. The van der Waals surface area contributed by atoms with Crippen LogP contribution < -0.4 is 5.73 Å². The summed E-state index contributed by atoms with van der Waals surface area (Å²) < 4.78 is 7.79. The molecule has 1 aliphatic heterocycles. The van der Waals surface area contributed by atoms with Gasteiger partial charge in [-0.3, -0.25) is 9.36 Å². The zero-order chi connectivity index (χ0) is 20.6. The minimum atomic E-state index is -0.608. The van der Waals surface area contributed by atoms with Gasteiger partial charge in [-0.2, -0.15) is 0 Å². The minimum absolute atomic E-state index is 0.256. The number of rotatable bonds is 12. The molecule has 1 aliphatic rings. The van der Waals surface area contributed by atoms with Gasteiger partial charge in [0.05, 0.1) is 18.5 Å². The summed E-state index contributed by atoms with van der Waals surface area (Å²) in [5.74, 6) is 0.575. The normalized spacial score (nSPS) is 21.8. The van der Waals surface area contributed by atoms with E-state index < -0.39 is 6.10 Å². The van der Waals surface area contributed by atoms with Crippen LogP contribution in [0.4, 0.5) is 5.82 Å². The average Bonchev–Trinajstić information content (AvgIpc) is 3.30. The van der Waals surface area contributed by atoms with Gasteiger partial charge in [-0.1, -0.05) is 45.4 Å². The van der Waals surface area contributed by atoms with Gasteiger partial charge in [0.25, 0.3) is 0 Å². The van der Waals surface area contributed by atoms with Crippen molar-refractivity contribution in [2.45, 2.75) is 96.0 Å². The monoisotopic (exact) mass is 403 g/mol. The zero-order valence-corrected chi connectivity index (χ0v) is 17.3. The first-order valence-corrected chi connectivity index (χ1v) is 10.9. The van der Waals surface area contributed by atoms with E-state index in [9.17, 15) is 9.90 Å². The molecule has 1 fully saturated rings. The van der Waals surface area contributed by atoms with Crippen LogP contribution in [-0.4, -0.2) is 42.6 Å². The Balaban J connectivity index is 1.41. The number of hydrogen-bond acceptors (Lipinski definition) is 7. The van der Waals surface area contributed by atoms with Crippen LogP contribution in [0.3, 0.4) is 0 Å². The van der Waals surface area contributed by atoms with E-state index in [1.165, 1.54) is 38.4 Å². The molecule has 0 radical (unpaired) electrons. The number of aliphatic hydroxyl groups is 1. The number of nitrogen functional groups attached to an aromatic ring is 1. The fourth-order valence-corrected chi connectivity index (χ4v) is 3.93. The molecule has 2 aromatic rings. The number of carbonyl (C=O) groups excluding carboxylic acids is 1. The molecule has 3 heterocycles. The third-order valence-corrected chi connectivity index (χ3v) is 5.67. The zero-order valence-electron chi connectivity index (χ0n) is 17.3. The Hall–Kier alpha value is -2.06. The van der Waals surface area contributed by atoms with E-state index in [0.29, 0.717) is 42.7 Å². The maximum atomic E-state index is 12.2. The van der Waals surface area contributed by atoms with Crippen LogP contribution in [-0.2, 0) is 9.53 Å². The number of carbonyl (C=O) groups is 1. The number of aromatic nitrogens is 4. The minimum Gasteiger partial charge on any atom is -0.390 e. The van der Waals surface area contributed by atoms with Gasteiger partial charge in [-0.15, -0.1) is 0 Å². The lowest BCUT2D eigenvalue weighted by Crippen LogP contribution is -2.21. The first kappa shape index (κ1) is 21.6. The first-order valence-electron chi connectivity index (χ1n) is 10.9. The Morgan fingerprint density at radius 3 is 2.72 bits per heavy atom. The lowest BCUT2D eigenvalue weighted by atomic mass is 10.0. The van der Waals surface area contributed by atoms with Gasteiger partial charge in [0.1, 0.15) is 23.9 Å². The van der Waals surface area contributed by atoms with Gasteiger partial charge >= 0.3 is 0 Å². The highest BCUT2D eigenvalue weighted by atomic mass is 16.5. The molecule has 0 spiro atoms. The van der Waals surface area contributed by atoms with Crippen LogP contribution in [0.25, 0.3) is 11.2 Å². The topological polar surface area (TPSA) is 116 Å². The van der Waals surface area contributed by atoms with Crippen molar-refractivity contribution in [2.24, 2.45) is 0 Å². The number of unbranched alkanes of at least 4 members (excludes halogenated alkanes) is 6. The number of aliphatic hydroxyl groups excluding tert-OH is 1. The van der Waals surface area contributed by atoms with Crippen molar-refractivity contribution < 1.29 is 14.6 Å². The molecule has 8 heteroatoms. The molecule has 8 nitrogen and oxygen atoms in total. The first-order chi connectivity index (χ1) is 14.1. The quantitative estimate of drug-likeness (QED) is 0.521. The van der Waals surface area contributed by atoms with Crippen LogP contribution in [0, 0.1) is 0 Å². The fourth-order valence-electron chi connectivity index (χ4n) is 3.93. The van der Waals surface area contributed by atoms with Crippen LogP contribution in [0.2, 0.25) is 0 Å². The summed E-state index contributed by atoms with van der Waals surface area (Å²) in [6, 6.07) is 0. The second-order valence-electron chi connectivity index (χ2n) is 7.96. The summed E-state index contributed by atoms with van der Waals surface area (Å²) in [7, 11) is 0. The molecule has 1 unspecified atom stereocenters. The molecule has 160 valence electrons. The molecule has 0 aromatic carbocycles. The fraction of sp³-hybridized carbons (Fsp3) is 0.714. The summed E-state index contributed by atoms with van der Waals surface area (Å²) in [5, 5.41) is 10.4. The summed E-state index contributed by atoms with van der Waals surface area (Å²) in [6.07, 6.45) is 12.2. The smallest absolute Gasteiger partial charge is 0.167 e. The number of anilines is 1. The molecule has 2 aromatic heterocycles. The third kappa shape index (κ3) is 5.73. The van der Waals surface area contributed by atoms with Gasteiger partial charge in [0, 0.05) is 19.3 Å². The van der Waals surface area contributed by atoms with Crippen molar-refractivity contribution in [3.05, 3.63) is 12.7 Å². The van der Waals surface area contributed by atoms with Crippen molar-refractivity contribution >= 4 is 22.8 Å². The van der Waals surface area contributed by atoms with E-state index in [2.05, 4.69) is 21.9 Å². The van der Waals surface area contributed by atoms with Gasteiger partial charge in [0.15, 0.2) is 11.5 Å². The van der Waals surface area contributed by atoms with Gasteiger partial charge < -0.3 is 15.6 Å². The molecule has 1 saturated heterocycles. The second-order valence-corrected chi connectivity index (χ2v) is 7.96. The van der Waals surface area contributed by atoms with Gasteiger partial charge in [0.2, 0.25) is 0 Å². The van der Waals surface area contributed by atoms with Gasteiger partial charge in [-0.05, 0) is 12.8 Å². The SMILES string of the molecule is CCCCCCCCCC(=O)CC[C@H]1O[C@@H](n2cnc3c(N)ncnc32)CC1O. The Bertz CT molecular complexity index is 794. The van der Waals surface area contributed by atoms with Crippen LogP contribution >= 0.6 is 0 Å². The highest BCUT2D eigenvalue weighted by molar-refractivity contribution is 5.81. The van der Waals surface area contributed by atoms with E-state index in [-0.39, 0.29) is 18.1 Å². The number of nitrogens with two attached hydrogens (primary N) is 1. The number of Topliss-reactive ketones (excluding diaryl/α,β-unsaturated/α-hetero) is 1.